The van der Waals surface area contributed by atoms with Crippen molar-refractivity contribution in [3.05, 3.63) is 11.8 Å². The molecule has 0 bridgehead atoms. The number of anilines is 2. The molecular formula is C13H23N5. The van der Waals surface area contributed by atoms with Crippen LogP contribution in [0.25, 0.3) is 0 Å². The van der Waals surface area contributed by atoms with Gasteiger partial charge in [0.05, 0.1) is 0 Å². The SMILES string of the molecule is CCC1CN(C)CCCN1c1nc(N)ncc1C. The maximum atomic E-state index is 5.73. The Balaban J connectivity index is 2.31. The highest BCUT2D eigenvalue weighted by atomic mass is 15.3. The molecule has 1 aromatic heterocycles. The van der Waals surface area contributed by atoms with Crippen molar-refractivity contribution in [2.24, 2.45) is 0 Å². The maximum absolute atomic E-state index is 5.73. The highest BCUT2D eigenvalue weighted by molar-refractivity contribution is 5.49. The number of likely N-dealkylation sites (N-methyl/N-ethyl adjacent to an activating group) is 1. The summed E-state index contributed by atoms with van der Waals surface area (Å²) in [5, 5.41) is 0. The Morgan fingerprint density at radius 2 is 2.22 bits per heavy atom. The zero-order valence-corrected chi connectivity index (χ0v) is 11.6. The van der Waals surface area contributed by atoms with E-state index in [0.29, 0.717) is 12.0 Å². The molecule has 2 heterocycles. The third-order valence-corrected chi connectivity index (χ3v) is 3.61. The molecule has 0 radical (unpaired) electrons. The Morgan fingerprint density at radius 1 is 1.44 bits per heavy atom. The third-order valence-electron chi connectivity index (χ3n) is 3.61. The summed E-state index contributed by atoms with van der Waals surface area (Å²) in [5.41, 5.74) is 6.83. The Labute approximate surface area is 109 Å². The quantitative estimate of drug-likeness (QED) is 0.856. The monoisotopic (exact) mass is 249 g/mol. The van der Waals surface area contributed by atoms with Gasteiger partial charge in [-0.3, -0.25) is 0 Å². The van der Waals surface area contributed by atoms with Crippen LogP contribution in [0.1, 0.15) is 25.3 Å². The molecule has 2 N–H and O–H groups in total. The number of nitrogens with zero attached hydrogens (tertiary/aromatic N) is 4. The van der Waals surface area contributed by atoms with Gasteiger partial charge in [-0.05, 0) is 33.4 Å². The van der Waals surface area contributed by atoms with Gasteiger partial charge in [0.1, 0.15) is 5.82 Å². The summed E-state index contributed by atoms with van der Waals surface area (Å²) in [5.74, 6) is 1.37. The van der Waals surface area contributed by atoms with Gasteiger partial charge in [-0.15, -0.1) is 0 Å². The fourth-order valence-electron chi connectivity index (χ4n) is 2.61. The van der Waals surface area contributed by atoms with Gasteiger partial charge in [0.25, 0.3) is 0 Å². The fraction of sp³-hybridized carbons (Fsp3) is 0.692. The summed E-state index contributed by atoms with van der Waals surface area (Å²) in [7, 11) is 2.19. The summed E-state index contributed by atoms with van der Waals surface area (Å²) in [6.45, 7) is 7.55. The largest absolute Gasteiger partial charge is 0.368 e. The molecule has 1 fully saturated rings. The molecule has 1 saturated heterocycles. The first-order valence-corrected chi connectivity index (χ1v) is 6.66. The molecule has 0 aliphatic carbocycles. The van der Waals surface area contributed by atoms with Crippen molar-refractivity contribution in [1.29, 1.82) is 0 Å². The lowest BCUT2D eigenvalue weighted by Crippen LogP contribution is -2.40. The zero-order chi connectivity index (χ0) is 13.1. The average molecular weight is 249 g/mol. The molecule has 0 spiro atoms. The van der Waals surface area contributed by atoms with E-state index in [1.54, 1.807) is 0 Å². The number of hydrogen-bond acceptors (Lipinski definition) is 5. The highest BCUT2D eigenvalue weighted by Crippen LogP contribution is 2.23. The fourth-order valence-corrected chi connectivity index (χ4v) is 2.61. The summed E-state index contributed by atoms with van der Waals surface area (Å²) >= 11 is 0. The molecule has 5 heteroatoms. The molecular weight excluding hydrogens is 226 g/mol. The summed E-state index contributed by atoms with van der Waals surface area (Å²) in [6, 6.07) is 0.505. The van der Waals surface area contributed by atoms with Crippen LogP contribution in [0.2, 0.25) is 0 Å². The van der Waals surface area contributed by atoms with Crippen LogP contribution in [0, 0.1) is 6.92 Å². The van der Waals surface area contributed by atoms with Crippen molar-refractivity contribution in [3.63, 3.8) is 0 Å². The van der Waals surface area contributed by atoms with Gasteiger partial charge in [-0.2, -0.15) is 4.98 Å². The number of nitrogen functional groups attached to an aromatic ring is 1. The van der Waals surface area contributed by atoms with Gasteiger partial charge in [0.15, 0.2) is 0 Å². The van der Waals surface area contributed by atoms with E-state index in [2.05, 4.69) is 40.7 Å². The zero-order valence-electron chi connectivity index (χ0n) is 11.6. The van der Waals surface area contributed by atoms with E-state index in [9.17, 15) is 0 Å². The minimum absolute atomic E-state index is 0.364. The summed E-state index contributed by atoms with van der Waals surface area (Å²) < 4.78 is 0. The van der Waals surface area contributed by atoms with Crippen molar-refractivity contribution >= 4 is 11.8 Å². The number of aromatic nitrogens is 2. The minimum atomic E-state index is 0.364. The van der Waals surface area contributed by atoms with Gasteiger partial charge in [0.2, 0.25) is 5.95 Å². The highest BCUT2D eigenvalue weighted by Gasteiger charge is 2.24. The van der Waals surface area contributed by atoms with Crippen molar-refractivity contribution in [2.45, 2.75) is 32.7 Å². The van der Waals surface area contributed by atoms with E-state index < -0.39 is 0 Å². The molecule has 18 heavy (non-hydrogen) atoms. The topological polar surface area (TPSA) is 58.3 Å². The predicted octanol–water partition coefficient (Wildman–Crippen LogP) is 1.29. The van der Waals surface area contributed by atoms with E-state index in [1.165, 1.54) is 0 Å². The molecule has 1 aromatic rings. The van der Waals surface area contributed by atoms with E-state index in [1.807, 2.05) is 6.20 Å². The molecule has 2 rings (SSSR count). The van der Waals surface area contributed by atoms with Crippen LogP contribution in [0.5, 0.6) is 0 Å². The molecule has 1 aliphatic rings. The van der Waals surface area contributed by atoms with E-state index in [0.717, 1.165) is 43.9 Å². The molecule has 1 aliphatic heterocycles. The molecule has 0 aromatic carbocycles. The standard InChI is InChI=1S/C13H23N5/c1-4-11-9-17(3)6-5-7-18(11)12-10(2)8-15-13(14)16-12/h8,11H,4-7,9H2,1-3H3,(H2,14,15,16). The van der Waals surface area contributed by atoms with Crippen LogP contribution < -0.4 is 10.6 Å². The molecule has 0 amide bonds. The van der Waals surface area contributed by atoms with Crippen LogP contribution in [0.4, 0.5) is 11.8 Å². The second-order valence-corrected chi connectivity index (χ2v) is 5.11. The first kappa shape index (κ1) is 13.1. The smallest absolute Gasteiger partial charge is 0.221 e. The number of aryl methyl sites for hydroxylation is 1. The molecule has 1 unspecified atom stereocenters. The Bertz CT molecular complexity index is 406. The van der Waals surface area contributed by atoms with E-state index in [4.69, 9.17) is 5.73 Å². The van der Waals surface area contributed by atoms with Gasteiger partial charge in [0, 0.05) is 30.9 Å². The minimum Gasteiger partial charge on any atom is -0.368 e. The lowest BCUT2D eigenvalue weighted by molar-refractivity contribution is 0.327. The lowest BCUT2D eigenvalue weighted by atomic mass is 10.1. The van der Waals surface area contributed by atoms with Gasteiger partial charge in [-0.25, -0.2) is 4.98 Å². The maximum Gasteiger partial charge on any atom is 0.221 e. The van der Waals surface area contributed by atoms with Crippen molar-refractivity contribution in [3.8, 4) is 0 Å². The van der Waals surface area contributed by atoms with Gasteiger partial charge in [-0.1, -0.05) is 6.92 Å². The third kappa shape index (κ3) is 2.72. The van der Waals surface area contributed by atoms with Gasteiger partial charge < -0.3 is 15.5 Å². The normalized spacial score (nSPS) is 21.9. The first-order valence-electron chi connectivity index (χ1n) is 6.66. The average Bonchev–Trinajstić information content (AvgIpc) is 2.53. The summed E-state index contributed by atoms with van der Waals surface area (Å²) in [6.07, 6.45) is 4.10. The second-order valence-electron chi connectivity index (χ2n) is 5.11. The first-order chi connectivity index (χ1) is 8.61. The van der Waals surface area contributed by atoms with Crippen LogP contribution in [-0.4, -0.2) is 47.6 Å². The molecule has 1 atom stereocenters. The second kappa shape index (κ2) is 5.52. The van der Waals surface area contributed by atoms with Crippen LogP contribution >= 0.6 is 0 Å². The van der Waals surface area contributed by atoms with Crippen molar-refractivity contribution < 1.29 is 0 Å². The molecule has 5 nitrogen and oxygen atoms in total. The Morgan fingerprint density at radius 3 is 2.94 bits per heavy atom. The van der Waals surface area contributed by atoms with Crippen LogP contribution in [0.15, 0.2) is 6.20 Å². The van der Waals surface area contributed by atoms with Crippen molar-refractivity contribution in [1.82, 2.24) is 14.9 Å². The van der Waals surface area contributed by atoms with Gasteiger partial charge >= 0.3 is 0 Å². The molecule has 100 valence electrons. The van der Waals surface area contributed by atoms with E-state index >= 15 is 0 Å². The number of nitrogens with two attached hydrogens (primary N) is 1. The molecule has 0 saturated carbocycles. The summed E-state index contributed by atoms with van der Waals surface area (Å²) in [4.78, 5) is 13.3. The number of hydrogen-bond donors (Lipinski definition) is 1. The predicted molar refractivity (Wildman–Crippen MR) is 74.7 cm³/mol. The Kier molecular flexibility index (Phi) is 4.01. The van der Waals surface area contributed by atoms with Crippen LogP contribution in [-0.2, 0) is 0 Å². The number of rotatable bonds is 2. The Hall–Kier alpha value is -1.36. The van der Waals surface area contributed by atoms with Crippen LogP contribution in [0.3, 0.4) is 0 Å². The lowest BCUT2D eigenvalue weighted by Gasteiger charge is -2.32. The van der Waals surface area contributed by atoms with Crippen molar-refractivity contribution in [2.75, 3.05) is 37.3 Å². The van der Waals surface area contributed by atoms with E-state index in [-0.39, 0.29) is 0 Å².